The maximum atomic E-state index is 13.8. The molecule has 0 aliphatic rings. The van der Waals surface area contributed by atoms with E-state index >= 15 is 0 Å². The van der Waals surface area contributed by atoms with E-state index in [0.717, 1.165) is 6.20 Å². The van der Waals surface area contributed by atoms with Crippen molar-refractivity contribution in [3.05, 3.63) is 70.9 Å². The fraction of sp³-hybridized carbons (Fsp3) is 0.182. The number of fused-ring (bicyclic) bond motifs is 1. The molecule has 0 saturated carbocycles. The molecule has 4 rings (SSSR count). The van der Waals surface area contributed by atoms with Gasteiger partial charge in [0.05, 0.1) is 16.8 Å². The number of nitrogens with one attached hydrogen (secondary N) is 1. The molecule has 3 heterocycles. The van der Waals surface area contributed by atoms with E-state index in [9.17, 15) is 13.6 Å². The highest BCUT2D eigenvalue weighted by Crippen LogP contribution is 2.28. The molecule has 0 radical (unpaired) electrons. The number of hydrogen-bond acceptors (Lipinski definition) is 6. The van der Waals surface area contributed by atoms with Crippen LogP contribution in [0.3, 0.4) is 0 Å². The van der Waals surface area contributed by atoms with Crippen molar-refractivity contribution in [3.63, 3.8) is 0 Å². The Morgan fingerprint density at radius 2 is 1.90 bits per heavy atom. The number of rotatable bonds is 5. The number of benzene rings is 1. The SMILES string of the molecule is CC(C)Nc1ncc(-c2ccc3cc(Oc4ccnc(F)c4F)ccc3n2)c(=O)n1C. The van der Waals surface area contributed by atoms with Gasteiger partial charge in [-0.25, -0.2) is 15.0 Å². The Kier molecular flexibility index (Phi) is 5.33. The molecule has 0 atom stereocenters. The summed E-state index contributed by atoms with van der Waals surface area (Å²) in [5.74, 6) is -1.86. The van der Waals surface area contributed by atoms with Crippen molar-refractivity contribution in [2.45, 2.75) is 19.9 Å². The fourth-order valence-electron chi connectivity index (χ4n) is 3.04. The van der Waals surface area contributed by atoms with Crippen LogP contribution in [0.4, 0.5) is 14.7 Å². The third-order valence-corrected chi connectivity index (χ3v) is 4.56. The zero-order chi connectivity index (χ0) is 22.1. The minimum atomic E-state index is -1.23. The smallest absolute Gasteiger partial charge is 0.264 e. The minimum absolute atomic E-state index is 0.135. The number of halogens is 2. The van der Waals surface area contributed by atoms with Crippen molar-refractivity contribution in [2.24, 2.45) is 7.05 Å². The molecule has 7 nitrogen and oxygen atoms in total. The monoisotopic (exact) mass is 423 g/mol. The third kappa shape index (κ3) is 4.07. The van der Waals surface area contributed by atoms with Gasteiger partial charge < -0.3 is 10.1 Å². The molecule has 0 unspecified atom stereocenters. The lowest BCUT2D eigenvalue weighted by Crippen LogP contribution is -2.25. The van der Waals surface area contributed by atoms with Crippen LogP contribution >= 0.6 is 0 Å². The van der Waals surface area contributed by atoms with Gasteiger partial charge in [-0.1, -0.05) is 6.07 Å². The summed E-state index contributed by atoms with van der Waals surface area (Å²) >= 11 is 0. The van der Waals surface area contributed by atoms with Gasteiger partial charge in [-0.2, -0.15) is 8.78 Å². The van der Waals surface area contributed by atoms with Crippen molar-refractivity contribution in [1.82, 2.24) is 19.5 Å². The van der Waals surface area contributed by atoms with E-state index < -0.39 is 11.8 Å². The average molecular weight is 423 g/mol. The maximum absolute atomic E-state index is 13.8. The molecule has 0 spiro atoms. The average Bonchev–Trinajstić information content (AvgIpc) is 2.74. The van der Waals surface area contributed by atoms with Gasteiger partial charge in [-0.05, 0) is 38.1 Å². The highest BCUT2D eigenvalue weighted by atomic mass is 19.2. The zero-order valence-electron chi connectivity index (χ0n) is 17.1. The van der Waals surface area contributed by atoms with E-state index in [2.05, 4.69) is 20.3 Å². The predicted molar refractivity (Wildman–Crippen MR) is 113 cm³/mol. The highest BCUT2D eigenvalue weighted by Gasteiger charge is 2.14. The summed E-state index contributed by atoms with van der Waals surface area (Å²) in [4.78, 5) is 24.9. The second-order valence-corrected chi connectivity index (χ2v) is 7.23. The van der Waals surface area contributed by atoms with E-state index in [1.807, 2.05) is 13.8 Å². The van der Waals surface area contributed by atoms with Crippen molar-refractivity contribution < 1.29 is 13.5 Å². The van der Waals surface area contributed by atoms with Crippen LogP contribution in [-0.2, 0) is 7.05 Å². The van der Waals surface area contributed by atoms with E-state index in [1.54, 1.807) is 37.4 Å². The summed E-state index contributed by atoms with van der Waals surface area (Å²) in [6.45, 7) is 3.92. The molecule has 0 amide bonds. The van der Waals surface area contributed by atoms with Crippen LogP contribution in [0.2, 0.25) is 0 Å². The van der Waals surface area contributed by atoms with Gasteiger partial charge in [0.1, 0.15) is 5.75 Å². The molecule has 0 aliphatic heterocycles. The number of ether oxygens (including phenoxy) is 1. The zero-order valence-corrected chi connectivity index (χ0v) is 17.1. The quantitative estimate of drug-likeness (QED) is 0.483. The van der Waals surface area contributed by atoms with Crippen LogP contribution in [0.1, 0.15) is 13.8 Å². The van der Waals surface area contributed by atoms with Gasteiger partial charge in [0.15, 0.2) is 5.75 Å². The lowest BCUT2D eigenvalue weighted by atomic mass is 10.1. The predicted octanol–water partition coefficient (Wildman–Crippen LogP) is 4.28. The molecule has 3 aromatic heterocycles. The Hall–Kier alpha value is -3.88. The molecule has 0 aliphatic carbocycles. The summed E-state index contributed by atoms with van der Waals surface area (Å²) < 4.78 is 34.0. The van der Waals surface area contributed by atoms with Gasteiger partial charge >= 0.3 is 0 Å². The second-order valence-electron chi connectivity index (χ2n) is 7.23. The fourth-order valence-corrected chi connectivity index (χ4v) is 3.04. The van der Waals surface area contributed by atoms with Gasteiger partial charge in [-0.3, -0.25) is 9.36 Å². The van der Waals surface area contributed by atoms with Crippen LogP contribution in [0.5, 0.6) is 11.5 Å². The number of nitrogens with zero attached hydrogens (tertiary/aromatic N) is 4. The minimum Gasteiger partial charge on any atom is -0.454 e. The molecule has 158 valence electrons. The van der Waals surface area contributed by atoms with Crippen LogP contribution in [0.25, 0.3) is 22.2 Å². The first kappa shape index (κ1) is 20.4. The number of aromatic nitrogens is 4. The third-order valence-electron chi connectivity index (χ3n) is 4.56. The van der Waals surface area contributed by atoms with E-state index in [1.165, 1.54) is 16.8 Å². The van der Waals surface area contributed by atoms with Gasteiger partial charge in [0.25, 0.3) is 11.5 Å². The molecule has 31 heavy (non-hydrogen) atoms. The Morgan fingerprint density at radius 1 is 1.10 bits per heavy atom. The number of anilines is 1. The van der Waals surface area contributed by atoms with E-state index in [0.29, 0.717) is 33.9 Å². The first-order valence-corrected chi connectivity index (χ1v) is 9.55. The maximum Gasteiger partial charge on any atom is 0.264 e. The lowest BCUT2D eigenvalue weighted by Gasteiger charge is -2.13. The summed E-state index contributed by atoms with van der Waals surface area (Å²) in [5, 5.41) is 3.83. The Balaban J connectivity index is 1.67. The molecule has 1 aromatic carbocycles. The van der Waals surface area contributed by atoms with Crippen molar-refractivity contribution in [2.75, 3.05) is 5.32 Å². The largest absolute Gasteiger partial charge is 0.454 e. The first-order valence-electron chi connectivity index (χ1n) is 9.55. The van der Waals surface area contributed by atoms with Crippen molar-refractivity contribution >= 4 is 16.9 Å². The molecule has 0 bridgehead atoms. The second kappa shape index (κ2) is 8.10. The van der Waals surface area contributed by atoms with Crippen LogP contribution < -0.4 is 15.6 Å². The molecule has 0 fully saturated rings. The van der Waals surface area contributed by atoms with E-state index in [4.69, 9.17) is 4.74 Å². The molecular weight excluding hydrogens is 404 g/mol. The van der Waals surface area contributed by atoms with Crippen molar-refractivity contribution in [3.8, 4) is 22.8 Å². The Morgan fingerprint density at radius 3 is 2.68 bits per heavy atom. The highest BCUT2D eigenvalue weighted by molar-refractivity contribution is 5.82. The van der Waals surface area contributed by atoms with Crippen LogP contribution in [0, 0.1) is 11.8 Å². The number of hydrogen-bond donors (Lipinski definition) is 1. The molecule has 0 saturated heterocycles. The summed E-state index contributed by atoms with van der Waals surface area (Å²) in [6, 6.07) is 9.76. The summed E-state index contributed by atoms with van der Waals surface area (Å²) in [6.07, 6.45) is 2.62. The Labute approximate surface area is 176 Å². The van der Waals surface area contributed by atoms with Crippen LogP contribution in [-0.4, -0.2) is 25.6 Å². The first-order chi connectivity index (χ1) is 14.8. The molecule has 1 N–H and O–H groups in total. The lowest BCUT2D eigenvalue weighted by molar-refractivity contribution is 0.404. The van der Waals surface area contributed by atoms with Gasteiger partial charge in [-0.15, -0.1) is 0 Å². The summed E-state index contributed by atoms with van der Waals surface area (Å²) in [5.41, 5.74) is 1.23. The number of pyridine rings is 2. The topological polar surface area (TPSA) is 81.9 Å². The summed E-state index contributed by atoms with van der Waals surface area (Å²) in [7, 11) is 1.65. The Bertz CT molecular complexity index is 1340. The normalized spacial score (nSPS) is 11.2. The molecule has 9 heteroatoms. The van der Waals surface area contributed by atoms with Gasteiger partial charge in [0.2, 0.25) is 11.8 Å². The van der Waals surface area contributed by atoms with Crippen molar-refractivity contribution in [1.29, 1.82) is 0 Å². The molecular formula is C22H19F2N5O2. The standard InChI is InChI=1S/C22H19F2N5O2/c1-12(2)27-22-26-11-15(21(30)29(22)3)17-6-4-13-10-14(5-7-16(13)28-17)31-18-8-9-25-20(24)19(18)23/h4-12H,1-3H3,(H,26,27). The van der Waals surface area contributed by atoms with Crippen LogP contribution in [0.15, 0.2) is 53.6 Å². The molecule has 4 aromatic rings. The van der Waals surface area contributed by atoms with E-state index in [-0.39, 0.29) is 17.4 Å². The van der Waals surface area contributed by atoms with Gasteiger partial charge in [0, 0.05) is 36.9 Å².